The molecule has 0 aliphatic carbocycles. The summed E-state index contributed by atoms with van der Waals surface area (Å²) in [7, 11) is 0. The zero-order valence-electron chi connectivity index (χ0n) is 10.5. The first-order valence-electron chi connectivity index (χ1n) is 5.96. The van der Waals surface area contributed by atoms with Gasteiger partial charge in [0.1, 0.15) is 11.6 Å². The minimum Gasteiger partial charge on any atom is -0.370 e. The maximum Gasteiger partial charge on any atom is 0.257 e. The van der Waals surface area contributed by atoms with Crippen molar-refractivity contribution in [2.24, 2.45) is 0 Å². The van der Waals surface area contributed by atoms with Crippen LogP contribution in [0.2, 0.25) is 0 Å². The number of amides is 1. The van der Waals surface area contributed by atoms with Gasteiger partial charge in [-0.1, -0.05) is 12.1 Å². The molecule has 0 unspecified atom stereocenters. The van der Waals surface area contributed by atoms with Crippen LogP contribution in [-0.4, -0.2) is 17.4 Å². The highest BCUT2D eigenvalue weighted by Gasteiger charge is 2.09. The van der Waals surface area contributed by atoms with E-state index in [1.807, 2.05) is 6.92 Å². The van der Waals surface area contributed by atoms with Crippen LogP contribution in [-0.2, 0) is 0 Å². The second-order valence-electron chi connectivity index (χ2n) is 3.90. The van der Waals surface area contributed by atoms with Gasteiger partial charge >= 0.3 is 0 Å². The number of aromatic nitrogens is 1. The number of hydrogen-bond donors (Lipinski definition) is 2. The van der Waals surface area contributed by atoms with Crippen molar-refractivity contribution in [1.29, 1.82) is 0 Å². The fraction of sp³-hybridized carbons (Fsp3) is 0.143. The van der Waals surface area contributed by atoms with Crippen molar-refractivity contribution >= 4 is 17.4 Å². The van der Waals surface area contributed by atoms with E-state index in [2.05, 4.69) is 15.6 Å². The van der Waals surface area contributed by atoms with Crippen LogP contribution >= 0.6 is 0 Å². The molecule has 0 radical (unpaired) electrons. The van der Waals surface area contributed by atoms with E-state index in [1.54, 1.807) is 24.3 Å². The Balaban J connectivity index is 2.10. The van der Waals surface area contributed by atoms with Crippen LogP contribution in [0.5, 0.6) is 0 Å². The van der Waals surface area contributed by atoms with Crippen molar-refractivity contribution in [2.45, 2.75) is 6.92 Å². The van der Waals surface area contributed by atoms with Gasteiger partial charge < -0.3 is 10.6 Å². The van der Waals surface area contributed by atoms with Gasteiger partial charge in [0.15, 0.2) is 0 Å². The average molecular weight is 259 g/mol. The molecule has 0 spiro atoms. The van der Waals surface area contributed by atoms with Gasteiger partial charge in [0.05, 0.1) is 11.3 Å². The van der Waals surface area contributed by atoms with Crippen molar-refractivity contribution in [3.8, 4) is 0 Å². The molecular formula is C14H14FN3O. The number of carbonyl (C=O) groups is 1. The Morgan fingerprint density at radius 3 is 2.68 bits per heavy atom. The van der Waals surface area contributed by atoms with Gasteiger partial charge in [-0.15, -0.1) is 0 Å². The lowest BCUT2D eigenvalue weighted by Crippen LogP contribution is -2.13. The highest BCUT2D eigenvalue weighted by Crippen LogP contribution is 2.14. The summed E-state index contributed by atoms with van der Waals surface area (Å²) in [5.41, 5.74) is 0.535. The highest BCUT2D eigenvalue weighted by atomic mass is 19.1. The quantitative estimate of drug-likeness (QED) is 0.887. The summed E-state index contributed by atoms with van der Waals surface area (Å²) >= 11 is 0. The Morgan fingerprint density at radius 2 is 2.05 bits per heavy atom. The van der Waals surface area contributed by atoms with E-state index in [0.29, 0.717) is 11.4 Å². The summed E-state index contributed by atoms with van der Waals surface area (Å²) in [5, 5.41) is 5.53. The monoisotopic (exact) mass is 259 g/mol. The van der Waals surface area contributed by atoms with Gasteiger partial charge in [-0.05, 0) is 31.2 Å². The maximum absolute atomic E-state index is 13.4. The van der Waals surface area contributed by atoms with Gasteiger partial charge in [0, 0.05) is 12.7 Å². The molecule has 4 nitrogen and oxygen atoms in total. The molecule has 0 saturated heterocycles. The van der Waals surface area contributed by atoms with Crippen LogP contribution in [0.15, 0.2) is 42.6 Å². The number of nitrogens with zero attached hydrogens (tertiary/aromatic N) is 1. The van der Waals surface area contributed by atoms with Gasteiger partial charge in [0.25, 0.3) is 5.91 Å². The van der Waals surface area contributed by atoms with E-state index >= 15 is 0 Å². The minimum absolute atomic E-state index is 0.156. The van der Waals surface area contributed by atoms with Crippen LogP contribution in [0.25, 0.3) is 0 Å². The van der Waals surface area contributed by atoms with E-state index in [9.17, 15) is 9.18 Å². The number of para-hydroxylation sites is 1. The second-order valence-corrected chi connectivity index (χ2v) is 3.90. The molecule has 1 aromatic heterocycles. The third-order valence-electron chi connectivity index (χ3n) is 2.51. The second kappa shape index (κ2) is 5.95. The predicted octanol–water partition coefficient (Wildman–Crippen LogP) is 2.90. The van der Waals surface area contributed by atoms with E-state index in [4.69, 9.17) is 0 Å². The lowest BCUT2D eigenvalue weighted by atomic mass is 10.2. The third-order valence-corrected chi connectivity index (χ3v) is 2.51. The van der Waals surface area contributed by atoms with Gasteiger partial charge in [-0.3, -0.25) is 4.79 Å². The van der Waals surface area contributed by atoms with E-state index in [0.717, 1.165) is 6.54 Å². The van der Waals surface area contributed by atoms with Crippen LogP contribution in [0.4, 0.5) is 15.9 Å². The molecule has 5 heteroatoms. The van der Waals surface area contributed by atoms with Crippen molar-refractivity contribution in [3.05, 3.63) is 54.0 Å². The molecule has 2 rings (SSSR count). The Kier molecular flexibility index (Phi) is 4.07. The molecule has 19 heavy (non-hydrogen) atoms. The maximum atomic E-state index is 13.4. The number of nitrogens with one attached hydrogen (secondary N) is 2. The fourth-order valence-electron chi connectivity index (χ4n) is 1.57. The normalized spacial score (nSPS) is 10.0. The Labute approximate surface area is 110 Å². The summed E-state index contributed by atoms with van der Waals surface area (Å²) in [6.07, 6.45) is 1.45. The van der Waals surface area contributed by atoms with Crippen LogP contribution in [0.3, 0.4) is 0 Å². The Hall–Kier alpha value is -2.43. The molecule has 0 atom stereocenters. The number of anilines is 2. The molecule has 1 aromatic carbocycles. The van der Waals surface area contributed by atoms with Gasteiger partial charge in [-0.2, -0.15) is 0 Å². The van der Waals surface area contributed by atoms with Crippen molar-refractivity contribution in [1.82, 2.24) is 4.98 Å². The molecule has 0 saturated carbocycles. The average Bonchev–Trinajstić information content (AvgIpc) is 2.42. The molecule has 1 amide bonds. The number of pyridine rings is 1. The first kappa shape index (κ1) is 13.0. The lowest BCUT2D eigenvalue weighted by molar-refractivity contribution is 0.102. The van der Waals surface area contributed by atoms with E-state index in [-0.39, 0.29) is 11.6 Å². The van der Waals surface area contributed by atoms with Crippen molar-refractivity contribution in [2.75, 3.05) is 17.2 Å². The minimum atomic E-state index is -0.465. The van der Waals surface area contributed by atoms with Gasteiger partial charge in [0.2, 0.25) is 0 Å². The number of halogens is 1. The molecular weight excluding hydrogens is 245 g/mol. The zero-order valence-corrected chi connectivity index (χ0v) is 10.5. The van der Waals surface area contributed by atoms with Crippen molar-refractivity contribution in [3.63, 3.8) is 0 Å². The summed E-state index contributed by atoms with van der Waals surface area (Å²) in [4.78, 5) is 16.0. The topological polar surface area (TPSA) is 54.0 Å². The molecule has 0 aliphatic heterocycles. The summed E-state index contributed by atoms with van der Waals surface area (Å²) in [6.45, 7) is 2.72. The van der Waals surface area contributed by atoms with Crippen molar-refractivity contribution < 1.29 is 9.18 Å². The number of hydrogen-bond acceptors (Lipinski definition) is 3. The summed E-state index contributed by atoms with van der Waals surface area (Å²) < 4.78 is 13.4. The van der Waals surface area contributed by atoms with E-state index in [1.165, 1.54) is 18.3 Å². The molecule has 2 aromatic rings. The third kappa shape index (κ3) is 3.28. The van der Waals surface area contributed by atoms with E-state index < -0.39 is 5.82 Å². The van der Waals surface area contributed by atoms with Crippen LogP contribution in [0, 0.1) is 5.82 Å². The summed E-state index contributed by atoms with van der Waals surface area (Å²) in [5.74, 6) is -0.154. The number of carbonyl (C=O) groups excluding carboxylic acids is 1. The predicted molar refractivity (Wildman–Crippen MR) is 72.8 cm³/mol. The molecule has 2 N–H and O–H groups in total. The zero-order chi connectivity index (χ0) is 13.7. The summed E-state index contributed by atoms with van der Waals surface area (Å²) in [6, 6.07) is 9.37. The fourth-order valence-corrected chi connectivity index (χ4v) is 1.57. The molecule has 0 bridgehead atoms. The smallest absolute Gasteiger partial charge is 0.257 e. The molecule has 1 heterocycles. The largest absolute Gasteiger partial charge is 0.370 e. The number of rotatable bonds is 4. The highest BCUT2D eigenvalue weighted by molar-refractivity contribution is 6.04. The van der Waals surface area contributed by atoms with Crippen LogP contribution in [0.1, 0.15) is 17.3 Å². The lowest BCUT2D eigenvalue weighted by Gasteiger charge is -2.07. The molecule has 98 valence electrons. The Bertz CT molecular complexity index is 569. The number of benzene rings is 1. The first-order valence-corrected chi connectivity index (χ1v) is 5.96. The first-order chi connectivity index (χ1) is 9.20. The molecule has 0 aliphatic rings. The Morgan fingerprint density at radius 1 is 1.26 bits per heavy atom. The molecule has 0 fully saturated rings. The SMILES string of the molecule is CCNc1ccc(C(=O)Nc2ccccc2F)cn1. The van der Waals surface area contributed by atoms with Crippen LogP contribution < -0.4 is 10.6 Å². The van der Waals surface area contributed by atoms with Gasteiger partial charge in [-0.25, -0.2) is 9.37 Å². The standard InChI is InChI=1S/C14H14FN3O/c1-2-16-13-8-7-10(9-17-13)14(19)18-12-6-4-3-5-11(12)15/h3-9H,2H2,1H3,(H,16,17)(H,18,19).